The summed E-state index contributed by atoms with van der Waals surface area (Å²) in [4.78, 5) is 16.3. The zero-order chi connectivity index (χ0) is 17.9. The smallest absolute Gasteiger partial charge is 0.329 e. The predicted molar refractivity (Wildman–Crippen MR) is 90.5 cm³/mol. The van der Waals surface area contributed by atoms with Crippen LogP contribution >= 0.6 is 0 Å². The minimum atomic E-state index is -4.18. The number of halogens is 3. The van der Waals surface area contributed by atoms with Crippen LogP contribution in [0.3, 0.4) is 0 Å². The molecule has 1 aliphatic heterocycles. The van der Waals surface area contributed by atoms with E-state index in [0.29, 0.717) is 18.0 Å². The van der Waals surface area contributed by atoms with Crippen molar-refractivity contribution in [3.63, 3.8) is 0 Å². The van der Waals surface area contributed by atoms with Crippen LogP contribution in [0.25, 0.3) is 0 Å². The molecule has 1 aromatic heterocycles. The van der Waals surface area contributed by atoms with E-state index in [1.54, 1.807) is 24.4 Å². The maximum absolute atomic E-state index is 12.5. The Morgan fingerprint density at radius 1 is 1.08 bits per heavy atom. The monoisotopic (exact) mass is 350 g/mol. The fourth-order valence-electron chi connectivity index (χ4n) is 3.47. The SMILES string of the molecule is O=c1cc(C2CCN(Cc3cccc(CC(F)(F)F)c3)CC2)cc[nH]1. The third kappa shape index (κ3) is 5.19. The Kier molecular flexibility index (Phi) is 5.27. The molecule has 0 saturated carbocycles. The molecular formula is C19H21F3N2O. The molecule has 25 heavy (non-hydrogen) atoms. The van der Waals surface area contributed by atoms with Gasteiger partial charge in [-0.2, -0.15) is 13.2 Å². The molecule has 1 saturated heterocycles. The number of benzene rings is 1. The van der Waals surface area contributed by atoms with E-state index in [9.17, 15) is 18.0 Å². The van der Waals surface area contributed by atoms with E-state index in [4.69, 9.17) is 0 Å². The van der Waals surface area contributed by atoms with Crippen molar-refractivity contribution in [2.24, 2.45) is 0 Å². The highest BCUT2D eigenvalue weighted by molar-refractivity contribution is 5.24. The van der Waals surface area contributed by atoms with Crippen LogP contribution in [-0.2, 0) is 13.0 Å². The van der Waals surface area contributed by atoms with Crippen molar-refractivity contribution in [2.45, 2.75) is 37.9 Å². The van der Waals surface area contributed by atoms with Gasteiger partial charge in [-0.1, -0.05) is 24.3 Å². The number of hydrogen-bond donors (Lipinski definition) is 1. The first kappa shape index (κ1) is 17.7. The lowest BCUT2D eigenvalue weighted by atomic mass is 9.90. The first-order valence-electron chi connectivity index (χ1n) is 8.44. The van der Waals surface area contributed by atoms with E-state index in [2.05, 4.69) is 9.88 Å². The molecule has 0 unspecified atom stereocenters. The maximum atomic E-state index is 12.5. The number of piperidine rings is 1. The van der Waals surface area contributed by atoms with Crippen LogP contribution in [0, 0.1) is 0 Å². The van der Waals surface area contributed by atoms with Crippen LogP contribution in [0.4, 0.5) is 13.2 Å². The van der Waals surface area contributed by atoms with E-state index in [0.717, 1.165) is 37.1 Å². The fourth-order valence-corrected chi connectivity index (χ4v) is 3.47. The second-order valence-electron chi connectivity index (χ2n) is 6.65. The summed E-state index contributed by atoms with van der Waals surface area (Å²) in [5.74, 6) is 0.370. The Labute approximate surface area is 144 Å². The number of nitrogens with zero attached hydrogens (tertiary/aromatic N) is 1. The standard InChI is InChI=1S/C19H21F3N2O/c20-19(21,22)12-14-2-1-3-15(10-14)13-24-8-5-16(6-9-24)17-4-7-23-18(25)11-17/h1-4,7,10-11,16H,5-6,8-9,12-13H2,(H,23,25). The van der Waals surface area contributed by atoms with Crippen molar-refractivity contribution >= 4 is 0 Å². The second-order valence-corrected chi connectivity index (χ2v) is 6.65. The minimum Gasteiger partial charge on any atom is -0.329 e. The highest BCUT2D eigenvalue weighted by Gasteiger charge is 2.27. The van der Waals surface area contributed by atoms with Crippen LogP contribution in [0.2, 0.25) is 0 Å². The Hall–Kier alpha value is -2.08. The summed E-state index contributed by atoms with van der Waals surface area (Å²) in [7, 11) is 0. The highest BCUT2D eigenvalue weighted by Crippen LogP contribution is 2.28. The quantitative estimate of drug-likeness (QED) is 0.909. The molecule has 0 spiro atoms. The third-order valence-electron chi connectivity index (χ3n) is 4.66. The molecule has 3 rings (SSSR count). The number of likely N-dealkylation sites (tertiary alicyclic amines) is 1. The summed E-state index contributed by atoms with van der Waals surface area (Å²) in [5.41, 5.74) is 2.21. The number of aromatic nitrogens is 1. The van der Waals surface area contributed by atoms with Crippen molar-refractivity contribution < 1.29 is 13.2 Å². The Morgan fingerprint density at radius 2 is 1.80 bits per heavy atom. The lowest BCUT2D eigenvalue weighted by molar-refractivity contribution is -0.127. The molecule has 1 aliphatic rings. The molecule has 2 heterocycles. The van der Waals surface area contributed by atoms with Crippen molar-refractivity contribution in [3.8, 4) is 0 Å². The lowest BCUT2D eigenvalue weighted by Crippen LogP contribution is -2.32. The van der Waals surface area contributed by atoms with Crippen LogP contribution < -0.4 is 5.56 Å². The highest BCUT2D eigenvalue weighted by atomic mass is 19.4. The topological polar surface area (TPSA) is 36.1 Å². The van der Waals surface area contributed by atoms with Gasteiger partial charge < -0.3 is 4.98 Å². The average Bonchev–Trinajstić information content (AvgIpc) is 2.54. The van der Waals surface area contributed by atoms with Gasteiger partial charge in [0.15, 0.2) is 0 Å². The molecule has 0 atom stereocenters. The molecule has 0 aliphatic carbocycles. The van der Waals surface area contributed by atoms with E-state index < -0.39 is 12.6 Å². The van der Waals surface area contributed by atoms with Gasteiger partial charge in [-0.3, -0.25) is 9.69 Å². The van der Waals surface area contributed by atoms with Gasteiger partial charge in [0, 0.05) is 18.8 Å². The van der Waals surface area contributed by atoms with Gasteiger partial charge in [-0.15, -0.1) is 0 Å². The van der Waals surface area contributed by atoms with Gasteiger partial charge in [0.2, 0.25) is 5.56 Å². The van der Waals surface area contributed by atoms with Gasteiger partial charge in [-0.25, -0.2) is 0 Å². The molecule has 0 radical (unpaired) electrons. The number of hydrogen-bond acceptors (Lipinski definition) is 2. The lowest BCUT2D eigenvalue weighted by Gasteiger charge is -2.32. The number of aromatic amines is 1. The molecule has 1 fully saturated rings. The van der Waals surface area contributed by atoms with E-state index in [-0.39, 0.29) is 5.56 Å². The number of H-pyrrole nitrogens is 1. The number of pyridine rings is 1. The molecular weight excluding hydrogens is 329 g/mol. The third-order valence-corrected chi connectivity index (χ3v) is 4.66. The molecule has 1 N–H and O–H groups in total. The summed E-state index contributed by atoms with van der Waals surface area (Å²) in [6.45, 7) is 2.41. The van der Waals surface area contributed by atoms with Gasteiger partial charge in [0.25, 0.3) is 0 Å². The van der Waals surface area contributed by atoms with E-state index in [1.165, 1.54) is 6.07 Å². The molecule has 0 amide bonds. The zero-order valence-electron chi connectivity index (χ0n) is 13.9. The van der Waals surface area contributed by atoms with E-state index in [1.807, 2.05) is 12.1 Å². The van der Waals surface area contributed by atoms with Gasteiger partial charge in [0.1, 0.15) is 0 Å². The fraction of sp³-hybridized carbons (Fsp3) is 0.421. The Morgan fingerprint density at radius 3 is 2.48 bits per heavy atom. The van der Waals surface area contributed by atoms with Gasteiger partial charge in [0.05, 0.1) is 6.42 Å². The van der Waals surface area contributed by atoms with Crippen LogP contribution in [-0.4, -0.2) is 29.1 Å². The minimum absolute atomic E-state index is 0.0820. The van der Waals surface area contributed by atoms with Gasteiger partial charge in [-0.05, 0) is 54.6 Å². The zero-order valence-corrected chi connectivity index (χ0v) is 13.9. The summed E-state index contributed by atoms with van der Waals surface area (Å²) >= 11 is 0. The number of rotatable bonds is 4. The molecule has 0 bridgehead atoms. The Balaban J connectivity index is 1.57. The largest absolute Gasteiger partial charge is 0.393 e. The van der Waals surface area contributed by atoms with Crippen molar-refractivity contribution in [1.82, 2.24) is 9.88 Å². The van der Waals surface area contributed by atoms with Gasteiger partial charge >= 0.3 is 6.18 Å². The molecule has 3 nitrogen and oxygen atoms in total. The van der Waals surface area contributed by atoms with Crippen molar-refractivity contribution in [2.75, 3.05) is 13.1 Å². The summed E-state index contributed by atoms with van der Waals surface area (Å²) in [5, 5.41) is 0. The molecule has 134 valence electrons. The van der Waals surface area contributed by atoms with Crippen LogP contribution in [0.15, 0.2) is 47.4 Å². The van der Waals surface area contributed by atoms with Crippen molar-refractivity contribution in [1.29, 1.82) is 0 Å². The summed E-state index contributed by atoms with van der Waals surface area (Å²) in [6.07, 6.45) is -1.48. The van der Waals surface area contributed by atoms with E-state index >= 15 is 0 Å². The predicted octanol–water partition coefficient (Wildman–Crippen LogP) is 3.86. The van der Waals surface area contributed by atoms with Crippen LogP contribution in [0.5, 0.6) is 0 Å². The normalized spacial score (nSPS) is 16.9. The first-order valence-corrected chi connectivity index (χ1v) is 8.44. The van der Waals surface area contributed by atoms with Crippen LogP contribution in [0.1, 0.15) is 35.4 Å². The maximum Gasteiger partial charge on any atom is 0.393 e. The number of alkyl halides is 3. The van der Waals surface area contributed by atoms with Crippen molar-refractivity contribution in [3.05, 3.63) is 69.6 Å². The molecule has 1 aromatic carbocycles. The molecule has 2 aromatic rings. The number of nitrogens with one attached hydrogen (secondary N) is 1. The average molecular weight is 350 g/mol. The first-order chi connectivity index (χ1) is 11.9. The molecule has 6 heteroatoms. The second kappa shape index (κ2) is 7.44. The summed E-state index contributed by atoms with van der Waals surface area (Å²) < 4.78 is 37.6. The summed E-state index contributed by atoms with van der Waals surface area (Å²) in [6, 6.07) is 10.3. The Bertz CT molecular complexity index is 762.